The number of methoxy groups -OCH3 is 1. The molecule has 0 aliphatic carbocycles. The Balaban J connectivity index is 1.59. The fourth-order valence-corrected chi connectivity index (χ4v) is 3.71. The number of carbonyl (C=O) groups excluding carboxylic acids is 1. The Hall–Kier alpha value is -2.01. The summed E-state index contributed by atoms with van der Waals surface area (Å²) < 4.78 is 16.6. The van der Waals surface area contributed by atoms with Crippen LogP contribution < -0.4 is 9.47 Å². The highest BCUT2D eigenvalue weighted by Gasteiger charge is 2.33. The molecule has 2 aliphatic rings. The zero-order valence-electron chi connectivity index (χ0n) is 15.9. The van der Waals surface area contributed by atoms with Crippen LogP contribution in [0.15, 0.2) is 24.3 Å². The summed E-state index contributed by atoms with van der Waals surface area (Å²) >= 11 is 0. The molecule has 0 radical (unpaired) electrons. The number of amides is 1. The Morgan fingerprint density at radius 2 is 2.12 bits per heavy atom. The fourth-order valence-electron chi connectivity index (χ4n) is 3.71. The first-order valence-corrected chi connectivity index (χ1v) is 9.46. The van der Waals surface area contributed by atoms with Gasteiger partial charge in [-0.25, -0.2) is 0 Å². The normalized spacial score (nSPS) is 23.2. The average molecular weight is 359 g/mol. The van der Waals surface area contributed by atoms with Crippen molar-refractivity contribution in [3.05, 3.63) is 29.8 Å². The van der Waals surface area contributed by atoms with Crippen LogP contribution in [-0.2, 0) is 9.53 Å². The molecule has 0 bridgehead atoms. The lowest BCUT2D eigenvalue weighted by molar-refractivity contribution is -0.125. The van der Waals surface area contributed by atoms with Gasteiger partial charge in [0.05, 0.1) is 13.2 Å². The Bertz CT molecular complexity index is 649. The van der Waals surface area contributed by atoms with E-state index in [2.05, 4.69) is 0 Å². The Kier molecular flexibility index (Phi) is 6.20. The first kappa shape index (κ1) is 18.8. The van der Waals surface area contributed by atoms with Crippen molar-refractivity contribution in [1.29, 1.82) is 0 Å². The summed E-state index contributed by atoms with van der Waals surface area (Å²) in [4.78, 5) is 14.4. The standard InChI is InChI=1S/C21H29NO4/c1-15(2)26-19-6-4-16(12-20(19)24-3)5-7-21(23)22-10-8-17(13-22)18-9-11-25-14-18/h4-7,12,15,17-18H,8-11,13-14H2,1-3H3/b7-5+. The molecule has 5 nitrogen and oxygen atoms in total. The number of hydrogen-bond acceptors (Lipinski definition) is 4. The smallest absolute Gasteiger partial charge is 0.246 e. The van der Waals surface area contributed by atoms with Crippen LogP contribution in [0.25, 0.3) is 6.08 Å². The lowest BCUT2D eigenvalue weighted by Gasteiger charge is -2.18. The molecule has 2 heterocycles. The molecule has 2 unspecified atom stereocenters. The van der Waals surface area contributed by atoms with Crippen LogP contribution >= 0.6 is 0 Å². The summed E-state index contributed by atoms with van der Waals surface area (Å²) in [6.07, 6.45) is 5.80. The minimum Gasteiger partial charge on any atom is -0.493 e. The third-order valence-electron chi connectivity index (χ3n) is 5.14. The molecule has 5 heteroatoms. The topological polar surface area (TPSA) is 48.0 Å². The highest BCUT2D eigenvalue weighted by Crippen LogP contribution is 2.31. The van der Waals surface area contributed by atoms with Gasteiger partial charge in [-0.3, -0.25) is 4.79 Å². The number of rotatable bonds is 6. The van der Waals surface area contributed by atoms with E-state index in [1.165, 1.54) is 0 Å². The predicted octanol–water partition coefficient (Wildman–Crippen LogP) is 3.38. The quantitative estimate of drug-likeness (QED) is 0.731. The highest BCUT2D eigenvalue weighted by molar-refractivity contribution is 5.92. The number of nitrogens with zero attached hydrogens (tertiary/aromatic N) is 1. The molecule has 26 heavy (non-hydrogen) atoms. The monoisotopic (exact) mass is 359 g/mol. The molecule has 0 saturated carbocycles. The SMILES string of the molecule is COc1cc(/C=C/C(=O)N2CCC(C3CCOC3)C2)ccc1OC(C)C. The van der Waals surface area contributed by atoms with Crippen molar-refractivity contribution in [2.45, 2.75) is 32.8 Å². The van der Waals surface area contributed by atoms with E-state index in [4.69, 9.17) is 14.2 Å². The molecular formula is C21H29NO4. The minimum absolute atomic E-state index is 0.0767. The zero-order chi connectivity index (χ0) is 18.5. The zero-order valence-corrected chi connectivity index (χ0v) is 15.9. The number of carbonyl (C=O) groups is 1. The maximum Gasteiger partial charge on any atom is 0.246 e. The minimum atomic E-state index is 0.0767. The molecule has 2 aliphatic heterocycles. The van der Waals surface area contributed by atoms with Gasteiger partial charge in [0.2, 0.25) is 5.91 Å². The summed E-state index contributed by atoms with van der Waals surface area (Å²) in [5.41, 5.74) is 0.922. The van der Waals surface area contributed by atoms with Crippen LogP contribution in [0.3, 0.4) is 0 Å². The highest BCUT2D eigenvalue weighted by atomic mass is 16.5. The second kappa shape index (κ2) is 8.58. The third-order valence-corrected chi connectivity index (χ3v) is 5.14. The number of ether oxygens (including phenoxy) is 3. The van der Waals surface area contributed by atoms with E-state index in [-0.39, 0.29) is 12.0 Å². The van der Waals surface area contributed by atoms with Crippen LogP contribution in [0.5, 0.6) is 11.5 Å². The van der Waals surface area contributed by atoms with E-state index >= 15 is 0 Å². The summed E-state index contributed by atoms with van der Waals surface area (Å²) in [6, 6.07) is 5.71. The Morgan fingerprint density at radius 1 is 1.27 bits per heavy atom. The molecular weight excluding hydrogens is 330 g/mol. The van der Waals surface area contributed by atoms with Crippen molar-refractivity contribution in [3.8, 4) is 11.5 Å². The molecule has 3 rings (SSSR count). The van der Waals surface area contributed by atoms with Crippen LogP contribution in [-0.4, -0.2) is 50.3 Å². The third kappa shape index (κ3) is 4.58. The van der Waals surface area contributed by atoms with E-state index in [0.717, 1.165) is 44.7 Å². The molecule has 1 amide bonds. The van der Waals surface area contributed by atoms with Gasteiger partial charge in [0.1, 0.15) is 0 Å². The second-order valence-electron chi connectivity index (χ2n) is 7.37. The predicted molar refractivity (Wildman–Crippen MR) is 101 cm³/mol. The van der Waals surface area contributed by atoms with E-state index in [0.29, 0.717) is 23.3 Å². The maximum atomic E-state index is 12.5. The van der Waals surface area contributed by atoms with Gasteiger partial charge in [-0.15, -0.1) is 0 Å². The van der Waals surface area contributed by atoms with Gasteiger partial charge < -0.3 is 19.1 Å². The summed E-state index contributed by atoms with van der Waals surface area (Å²) in [5, 5.41) is 0. The average Bonchev–Trinajstić information content (AvgIpc) is 3.31. The van der Waals surface area contributed by atoms with Crippen LogP contribution in [0.2, 0.25) is 0 Å². The first-order chi connectivity index (χ1) is 12.6. The van der Waals surface area contributed by atoms with Crippen molar-refractivity contribution in [2.75, 3.05) is 33.4 Å². The summed E-state index contributed by atoms with van der Waals surface area (Å²) in [7, 11) is 1.62. The lowest BCUT2D eigenvalue weighted by Crippen LogP contribution is -2.28. The van der Waals surface area contributed by atoms with Crippen LogP contribution in [0.4, 0.5) is 0 Å². The largest absolute Gasteiger partial charge is 0.493 e. The van der Waals surface area contributed by atoms with Crippen molar-refractivity contribution in [2.24, 2.45) is 11.8 Å². The summed E-state index contributed by atoms with van der Waals surface area (Å²) in [5.74, 6) is 2.67. The van der Waals surface area contributed by atoms with Crippen LogP contribution in [0.1, 0.15) is 32.3 Å². The van der Waals surface area contributed by atoms with E-state index < -0.39 is 0 Å². The van der Waals surface area contributed by atoms with E-state index in [1.807, 2.05) is 43.0 Å². The molecule has 2 saturated heterocycles. The van der Waals surface area contributed by atoms with Gasteiger partial charge in [-0.05, 0) is 62.3 Å². The van der Waals surface area contributed by atoms with Crippen molar-refractivity contribution < 1.29 is 19.0 Å². The van der Waals surface area contributed by atoms with E-state index in [1.54, 1.807) is 13.2 Å². The van der Waals surface area contributed by atoms with Gasteiger partial charge in [0.25, 0.3) is 0 Å². The molecule has 2 fully saturated rings. The first-order valence-electron chi connectivity index (χ1n) is 9.46. The van der Waals surface area contributed by atoms with E-state index in [9.17, 15) is 4.79 Å². The van der Waals surface area contributed by atoms with Crippen molar-refractivity contribution >= 4 is 12.0 Å². The number of hydrogen-bond donors (Lipinski definition) is 0. The molecule has 1 aromatic carbocycles. The Labute approximate surface area is 155 Å². The van der Waals surface area contributed by atoms with Gasteiger partial charge >= 0.3 is 0 Å². The van der Waals surface area contributed by atoms with Gasteiger partial charge in [0.15, 0.2) is 11.5 Å². The second-order valence-corrected chi connectivity index (χ2v) is 7.37. The molecule has 0 spiro atoms. The Morgan fingerprint density at radius 3 is 2.81 bits per heavy atom. The molecule has 0 N–H and O–H groups in total. The molecule has 142 valence electrons. The van der Waals surface area contributed by atoms with Gasteiger partial charge in [-0.1, -0.05) is 6.07 Å². The molecule has 2 atom stereocenters. The van der Waals surface area contributed by atoms with Crippen molar-refractivity contribution in [3.63, 3.8) is 0 Å². The van der Waals surface area contributed by atoms with Gasteiger partial charge in [-0.2, -0.15) is 0 Å². The lowest BCUT2D eigenvalue weighted by atomic mass is 9.91. The summed E-state index contributed by atoms with van der Waals surface area (Å²) in [6.45, 7) is 7.37. The van der Waals surface area contributed by atoms with Crippen LogP contribution in [0, 0.1) is 11.8 Å². The molecule has 1 aromatic rings. The maximum absolute atomic E-state index is 12.5. The molecule has 0 aromatic heterocycles. The fraction of sp³-hybridized carbons (Fsp3) is 0.571. The van der Waals surface area contributed by atoms with Crippen molar-refractivity contribution in [1.82, 2.24) is 4.90 Å². The number of benzene rings is 1. The van der Waals surface area contributed by atoms with Gasteiger partial charge in [0, 0.05) is 32.4 Å². The number of likely N-dealkylation sites (tertiary alicyclic amines) is 1.